The van der Waals surface area contributed by atoms with Gasteiger partial charge in [0, 0.05) is 6.54 Å². The summed E-state index contributed by atoms with van der Waals surface area (Å²) in [6, 6.07) is 9.96. The average molecular weight is 431 g/mol. The van der Waals surface area contributed by atoms with E-state index in [9.17, 15) is 22.4 Å². The number of hydrogen-bond donors (Lipinski definition) is 1. The number of carbonyl (C=O) groups is 2. The number of aryl methyl sites for hydroxylation is 2. The molecule has 0 spiro atoms. The number of urea groups is 1. The predicted octanol–water partition coefficient (Wildman–Crippen LogP) is 2.95. The number of carbonyl (C=O) groups excluding carboxylic acids is 2. The van der Waals surface area contributed by atoms with Crippen molar-refractivity contribution in [1.82, 2.24) is 10.2 Å². The number of rotatable bonds is 6. The minimum atomic E-state index is -3.63. The summed E-state index contributed by atoms with van der Waals surface area (Å²) in [6.07, 6.45) is 3.18. The van der Waals surface area contributed by atoms with Crippen LogP contribution < -0.4 is 5.32 Å². The van der Waals surface area contributed by atoms with Gasteiger partial charge in [-0.2, -0.15) is 0 Å². The van der Waals surface area contributed by atoms with Crippen LogP contribution in [0.15, 0.2) is 47.4 Å². The minimum absolute atomic E-state index is 0.00831. The van der Waals surface area contributed by atoms with Crippen molar-refractivity contribution in [2.45, 2.75) is 43.0 Å². The molecule has 0 saturated carbocycles. The molecule has 1 N–H and O–H groups in total. The van der Waals surface area contributed by atoms with E-state index in [-0.39, 0.29) is 29.5 Å². The van der Waals surface area contributed by atoms with Crippen molar-refractivity contribution >= 4 is 21.8 Å². The molecule has 30 heavy (non-hydrogen) atoms. The number of halogens is 1. The molecule has 8 heteroatoms. The minimum Gasteiger partial charge on any atom is -0.319 e. The number of hydrogen-bond acceptors (Lipinski definition) is 4. The number of benzene rings is 2. The lowest BCUT2D eigenvalue weighted by Gasteiger charge is -2.23. The van der Waals surface area contributed by atoms with Gasteiger partial charge in [-0.1, -0.05) is 18.2 Å². The monoisotopic (exact) mass is 430 g/mol. The van der Waals surface area contributed by atoms with Crippen LogP contribution in [0.4, 0.5) is 9.18 Å². The molecule has 0 bridgehead atoms. The van der Waals surface area contributed by atoms with Gasteiger partial charge in [0.05, 0.1) is 10.6 Å². The summed E-state index contributed by atoms with van der Waals surface area (Å²) in [6.45, 7) is 1.67. The molecule has 1 aliphatic carbocycles. The van der Waals surface area contributed by atoms with Gasteiger partial charge in [0.25, 0.3) is 5.91 Å². The lowest BCUT2D eigenvalue weighted by Crippen LogP contribution is -2.41. The summed E-state index contributed by atoms with van der Waals surface area (Å²) in [7, 11) is -3.63. The molecule has 1 saturated heterocycles. The SMILES string of the molecule is CC1(c2ccc3c(c2)CCC3)NC(=O)N(CCCS(=O)(=O)c2ccc(F)cc2)C1=O. The quantitative estimate of drug-likeness (QED) is 0.564. The highest BCUT2D eigenvalue weighted by atomic mass is 32.2. The van der Waals surface area contributed by atoms with E-state index in [4.69, 9.17) is 0 Å². The Morgan fingerprint density at radius 2 is 1.77 bits per heavy atom. The van der Waals surface area contributed by atoms with Gasteiger partial charge < -0.3 is 5.32 Å². The number of sulfone groups is 1. The fourth-order valence-corrected chi connectivity index (χ4v) is 5.45. The van der Waals surface area contributed by atoms with Crippen molar-refractivity contribution < 1.29 is 22.4 Å². The maximum absolute atomic E-state index is 13.1. The van der Waals surface area contributed by atoms with Gasteiger partial charge in [-0.05, 0) is 73.6 Å². The van der Waals surface area contributed by atoms with Crippen molar-refractivity contribution in [3.8, 4) is 0 Å². The number of imide groups is 1. The van der Waals surface area contributed by atoms with Crippen LogP contribution in [-0.2, 0) is 33.0 Å². The third-order valence-electron chi connectivity index (χ3n) is 5.92. The van der Waals surface area contributed by atoms with Crippen molar-refractivity contribution in [2.24, 2.45) is 0 Å². The van der Waals surface area contributed by atoms with Crippen LogP contribution in [0.5, 0.6) is 0 Å². The standard InChI is InChI=1S/C22H23FN2O4S/c1-22(17-7-6-15-4-2-5-16(15)14-17)20(26)25(21(27)24-22)12-3-13-30(28,29)19-10-8-18(23)9-11-19/h6-11,14H,2-5,12-13H2,1H3,(H,24,27). The molecular formula is C22H23FN2O4S. The van der Waals surface area contributed by atoms with E-state index in [1.165, 1.54) is 23.3 Å². The van der Waals surface area contributed by atoms with Crippen LogP contribution in [-0.4, -0.2) is 37.6 Å². The Bertz CT molecular complexity index is 1110. The lowest BCUT2D eigenvalue weighted by molar-refractivity contribution is -0.131. The van der Waals surface area contributed by atoms with E-state index in [0.717, 1.165) is 41.9 Å². The number of nitrogens with one attached hydrogen (secondary N) is 1. The molecule has 2 aliphatic rings. The van der Waals surface area contributed by atoms with E-state index in [0.29, 0.717) is 0 Å². The largest absolute Gasteiger partial charge is 0.325 e. The van der Waals surface area contributed by atoms with Crippen LogP contribution in [0.2, 0.25) is 0 Å². The van der Waals surface area contributed by atoms with Crippen LogP contribution in [0.1, 0.15) is 36.5 Å². The van der Waals surface area contributed by atoms with Crippen LogP contribution in [0.25, 0.3) is 0 Å². The van der Waals surface area contributed by atoms with E-state index in [1.54, 1.807) is 6.92 Å². The van der Waals surface area contributed by atoms with Gasteiger partial charge in [0.1, 0.15) is 11.4 Å². The van der Waals surface area contributed by atoms with E-state index < -0.39 is 27.2 Å². The first-order valence-corrected chi connectivity index (χ1v) is 11.6. The summed E-state index contributed by atoms with van der Waals surface area (Å²) < 4.78 is 37.8. The molecule has 6 nitrogen and oxygen atoms in total. The second-order valence-corrected chi connectivity index (χ2v) is 10.1. The summed E-state index contributed by atoms with van der Waals surface area (Å²) in [4.78, 5) is 26.6. The fourth-order valence-electron chi connectivity index (χ4n) is 4.15. The molecule has 2 aromatic carbocycles. The molecule has 1 fully saturated rings. The Morgan fingerprint density at radius 3 is 2.50 bits per heavy atom. The zero-order valence-corrected chi connectivity index (χ0v) is 17.5. The smallest absolute Gasteiger partial charge is 0.319 e. The van der Waals surface area contributed by atoms with Crippen molar-refractivity contribution in [1.29, 1.82) is 0 Å². The Morgan fingerprint density at radius 1 is 1.07 bits per heavy atom. The van der Waals surface area contributed by atoms with E-state index in [1.807, 2.05) is 18.2 Å². The molecule has 2 aromatic rings. The second-order valence-electron chi connectivity index (χ2n) is 7.98. The average Bonchev–Trinajstić information content (AvgIpc) is 3.26. The highest BCUT2D eigenvalue weighted by Gasteiger charge is 2.48. The second kappa shape index (κ2) is 7.50. The summed E-state index contributed by atoms with van der Waals surface area (Å²) >= 11 is 0. The molecule has 158 valence electrons. The molecule has 1 unspecified atom stereocenters. The molecule has 1 heterocycles. The molecule has 4 rings (SSSR count). The Hall–Kier alpha value is -2.74. The van der Waals surface area contributed by atoms with Crippen molar-refractivity contribution in [3.05, 3.63) is 65.0 Å². The number of amides is 3. The Kier molecular flexibility index (Phi) is 5.13. The lowest BCUT2D eigenvalue weighted by atomic mass is 9.89. The highest BCUT2D eigenvalue weighted by Crippen LogP contribution is 2.32. The fraction of sp³-hybridized carbons (Fsp3) is 0.364. The molecule has 1 aliphatic heterocycles. The Balaban J connectivity index is 1.45. The molecule has 0 aromatic heterocycles. The van der Waals surface area contributed by atoms with Gasteiger partial charge in [-0.25, -0.2) is 17.6 Å². The molecule has 1 atom stereocenters. The van der Waals surface area contributed by atoms with Crippen molar-refractivity contribution in [3.63, 3.8) is 0 Å². The van der Waals surface area contributed by atoms with Gasteiger partial charge in [-0.3, -0.25) is 9.69 Å². The van der Waals surface area contributed by atoms with Gasteiger partial charge in [-0.15, -0.1) is 0 Å². The molecular weight excluding hydrogens is 407 g/mol. The zero-order chi connectivity index (χ0) is 21.5. The Labute approximate surface area is 175 Å². The first-order valence-electron chi connectivity index (χ1n) is 9.95. The maximum atomic E-state index is 13.1. The number of fused-ring (bicyclic) bond motifs is 1. The predicted molar refractivity (Wildman–Crippen MR) is 109 cm³/mol. The summed E-state index contributed by atoms with van der Waals surface area (Å²) in [5, 5.41) is 2.77. The third-order valence-corrected chi connectivity index (χ3v) is 7.73. The van der Waals surface area contributed by atoms with Crippen LogP contribution in [0, 0.1) is 5.82 Å². The van der Waals surface area contributed by atoms with Crippen LogP contribution in [0.3, 0.4) is 0 Å². The van der Waals surface area contributed by atoms with Gasteiger partial charge in [0.15, 0.2) is 9.84 Å². The van der Waals surface area contributed by atoms with Gasteiger partial charge in [0.2, 0.25) is 0 Å². The van der Waals surface area contributed by atoms with E-state index >= 15 is 0 Å². The number of nitrogens with zero attached hydrogens (tertiary/aromatic N) is 1. The molecule has 0 radical (unpaired) electrons. The topological polar surface area (TPSA) is 83.6 Å². The van der Waals surface area contributed by atoms with Crippen molar-refractivity contribution in [2.75, 3.05) is 12.3 Å². The first kappa shape index (κ1) is 20.5. The molecule has 3 amide bonds. The first-order chi connectivity index (χ1) is 14.2. The third kappa shape index (κ3) is 3.60. The zero-order valence-electron chi connectivity index (χ0n) is 16.7. The summed E-state index contributed by atoms with van der Waals surface area (Å²) in [5.74, 6) is -1.14. The normalized spacial score (nSPS) is 21.1. The summed E-state index contributed by atoms with van der Waals surface area (Å²) in [5.41, 5.74) is 2.06. The van der Waals surface area contributed by atoms with Gasteiger partial charge >= 0.3 is 6.03 Å². The van der Waals surface area contributed by atoms with Crippen LogP contribution >= 0.6 is 0 Å². The maximum Gasteiger partial charge on any atom is 0.325 e. The van der Waals surface area contributed by atoms with E-state index in [2.05, 4.69) is 5.32 Å². The highest BCUT2D eigenvalue weighted by molar-refractivity contribution is 7.91.